The fourth-order valence-corrected chi connectivity index (χ4v) is 1.79. The summed E-state index contributed by atoms with van der Waals surface area (Å²) in [6.07, 6.45) is 0. The van der Waals surface area contributed by atoms with Gasteiger partial charge in [0.1, 0.15) is 0 Å². The van der Waals surface area contributed by atoms with Crippen molar-refractivity contribution in [2.24, 2.45) is 0 Å². The van der Waals surface area contributed by atoms with Gasteiger partial charge in [0.25, 0.3) is 0 Å². The van der Waals surface area contributed by atoms with Crippen molar-refractivity contribution in [3.63, 3.8) is 0 Å². The Kier molecular flexibility index (Phi) is 2.18. The molecule has 0 bridgehead atoms. The van der Waals surface area contributed by atoms with Crippen LogP contribution in [-0.4, -0.2) is 25.4 Å². The zero-order chi connectivity index (χ0) is 17.7. The highest BCUT2D eigenvalue weighted by Gasteiger charge is 2.51. The van der Waals surface area contributed by atoms with Gasteiger partial charge in [0, 0.05) is 7.04 Å². The Morgan fingerprint density at radius 1 is 1.28 bits per heavy atom. The Labute approximate surface area is 117 Å². The normalized spacial score (nSPS) is 26.9. The van der Waals surface area contributed by atoms with E-state index in [1.54, 1.807) is 12.1 Å². The summed E-state index contributed by atoms with van der Waals surface area (Å²) in [6, 6.07) is 6.35. The van der Waals surface area contributed by atoms with Gasteiger partial charge in [-0.2, -0.15) is 0 Å². The Bertz CT molecular complexity index is 570. The lowest BCUT2D eigenvalue weighted by molar-refractivity contribution is 0.00578. The molecule has 0 radical (unpaired) electrons. The molecular weight excluding hydrogens is 227 g/mol. The van der Waals surface area contributed by atoms with Crippen molar-refractivity contribution < 1.29 is 20.9 Å². The topological polar surface area (TPSA) is 27.7 Å². The molecule has 18 heavy (non-hydrogen) atoms. The van der Waals surface area contributed by atoms with Gasteiger partial charge in [-0.3, -0.25) is 0 Å². The van der Waals surface area contributed by atoms with Crippen LogP contribution < -0.4 is 5.46 Å². The summed E-state index contributed by atoms with van der Waals surface area (Å²) >= 11 is 0. The molecule has 0 aromatic heterocycles. The zero-order valence-corrected chi connectivity index (χ0v) is 11.1. The summed E-state index contributed by atoms with van der Waals surface area (Å²) < 4.78 is 53.4. The molecule has 0 spiro atoms. The molecule has 1 saturated heterocycles. The second-order valence-corrected chi connectivity index (χ2v) is 5.42. The molecule has 0 N–H and O–H groups in total. The average molecular weight is 253 g/mol. The molecule has 0 amide bonds. The van der Waals surface area contributed by atoms with Crippen LogP contribution in [-0.2, 0) is 20.6 Å². The molecule has 1 aromatic rings. The van der Waals surface area contributed by atoms with Crippen LogP contribution in [0.3, 0.4) is 0 Å². The van der Waals surface area contributed by atoms with Crippen LogP contribution in [0.5, 0.6) is 0 Å². The number of hydrogen-bond acceptors (Lipinski definition) is 3. The minimum atomic E-state index is -2.83. The largest absolute Gasteiger partial charge is 0.494 e. The molecule has 0 atom stereocenters. The number of methoxy groups -OCH3 is 1. The third-order valence-corrected chi connectivity index (χ3v) is 3.58. The molecule has 0 aliphatic carbocycles. The molecule has 98 valence electrons. The summed E-state index contributed by atoms with van der Waals surface area (Å²) in [4.78, 5) is 0. The van der Waals surface area contributed by atoms with Gasteiger partial charge in [0.05, 0.1) is 24.6 Å². The highest BCUT2D eigenvalue weighted by atomic mass is 16.7. The van der Waals surface area contributed by atoms with E-state index in [4.69, 9.17) is 16.2 Å². The Morgan fingerprint density at radius 3 is 2.56 bits per heavy atom. The predicted octanol–water partition coefficient (Wildman–Crippen LogP) is 2.13. The van der Waals surface area contributed by atoms with E-state index in [0.717, 1.165) is 0 Å². The molecule has 1 aliphatic rings. The third kappa shape index (κ3) is 2.46. The van der Waals surface area contributed by atoms with E-state index in [2.05, 4.69) is 4.74 Å². The van der Waals surface area contributed by atoms with Gasteiger partial charge in [-0.05, 0) is 38.7 Å². The summed E-state index contributed by atoms with van der Waals surface area (Å²) in [7, 11) is -3.48. The molecule has 0 saturated carbocycles. The van der Waals surface area contributed by atoms with E-state index in [9.17, 15) is 0 Å². The van der Waals surface area contributed by atoms with Crippen molar-refractivity contribution in [1.29, 1.82) is 0 Å². The van der Waals surface area contributed by atoms with Crippen LogP contribution in [0, 0.1) is 0 Å². The number of ether oxygens (including phenoxy) is 1. The Hall–Kier alpha value is -0.835. The molecule has 1 fully saturated rings. The minimum Gasteiger partial charge on any atom is -0.399 e. The monoisotopic (exact) mass is 253 g/mol. The van der Waals surface area contributed by atoms with Crippen LogP contribution in [0.1, 0.15) is 40.1 Å². The summed E-state index contributed by atoms with van der Waals surface area (Å²) in [5.74, 6) is 0. The lowest BCUT2D eigenvalue weighted by Gasteiger charge is -2.32. The molecule has 4 heteroatoms. The first kappa shape index (κ1) is 8.36. The number of hydrogen-bond donors (Lipinski definition) is 0. The van der Waals surface area contributed by atoms with E-state index >= 15 is 0 Å². The maximum atomic E-state index is 7.85. The maximum Gasteiger partial charge on any atom is 0.494 e. The highest BCUT2D eigenvalue weighted by molar-refractivity contribution is 6.62. The van der Waals surface area contributed by atoms with Gasteiger partial charge >= 0.3 is 7.12 Å². The van der Waals surface area contributed by atoms with Gasteiger partial charge in [0.15, 0.2) is 0 Å². The summed E-state index contributed by atoms with van der Waals surface area (Å²) in [6.45, 7) is 5.26. The molecule has 2 rings (SSSR count). The maximum absolute atomic E-state index is 7.85. The van der Waals surface area contributed by atoms with Crippen molar-refractivity contribution in [2.75, 3.05) is 7.04 Å². The van der Waals surface area contributed by atoms with Crippen molar-refractivity contribution in [3.8, 4) is 0 Å². The Balaban J connectivity index is 2.28. The van der Waals surface area contributed by atoms with Crippen molar-refractivity contribution >= 4 is 12.6 Å². The first-order chi connectivity index (χ1) is 10.2. The zero-order valence-electron chi connectivity index (χ0n) is 16.1. The van der Waals surface area contributed by atoms with Crippen LogP contribution in [0.15, 0.2) is 24.3 Å². The Morgan fingerprint density at radius 2 is 1.94 bits per heavy atom. The van der Waals surface area contributed by atoms with E-state index in [0.29, 0.717) is 5.46 Å². The molecule has 0 unspecified atom stereocenters. The van der Waals surface area contributed by atoms with E-state index in [1.165, 1.54) is 12.1 Å². The van der Waals surface area contributed by atoms with E-state index in [1.807, 2.05) is 27.7 Å². The first-order valence-electron chi connectivity index (χ1n) is 8.40. The molecular formula is C14H21BO3. The van der Waals surface area contributed by atoms with Crippen LogP contribution >= 0.6 is 0 Å². The SMILES string of the molecule is [2H]C([2H])([2H])OC([2H])([2H])c1cccc(B2OC(C)(C)C(C)(C)O2)c1. The fraction of sp³-hybridized carbons (Fsp3) is 0.571. The van der Waals surface area contributed by atoms with Gasteiger partial charge < -0.3 is 14.0 Å². The third-order valence-electron chi connectivity index (χ3n) is 3.58. The second-order valence-electron chi connectivity index (χ2n) is 5.42. The van der Waals surface area contributed by atoms with Gasteiger partial charge in [-0.1, -0.05) is 24.3 Å². The smallest absolute Gasteiger partial charge is 0.399 e. The van der Waals surface area contributed by atoms with Gasteiger partial charge in [0.2, 0.25) is 0 Å². The van der Waals surface area contributed by atoms with Crippen molar-refractivity contribution in [3.05, 3.63) is 29.8 Å². The molecule has 1 aromatic carbocycles. The van der Waals surface area contributed by atoms with Gasteiger partial charge in [-0.15, -0.1) is 0 Å². The molecule has 3 nitrogen and oxygen atoms in total. The lowest BCUT2D eigenvalue weighted by atomic mass is 9.78. The van der Waals surface area contributed by atoms with Crippen LogP contribution in [0.25, 0.3) is 0 Å². The van der Waals surface area contributed by atoms with Crippen molar-refractivity contribution in [1.82, 2.24) is 0 Å². The lowest BCUT2D eigenvalue weighted by Crippen LogP contribution is -2.41. The molecule has 1 aliphatic heterocycles. The van der Waals surface area contributed by atoms with Crippen molar-refractivity contribution in [2.45, 2.75) is 45.5 Å². The highest BCUT2D eigenvalue weighted by Crippen LogP contribution is 2.36. The number of benzene rings is 1. The molecule has 1 heterocycles. The van der Waals surface area contributed by atoms with Crippen LogP contribution in [0.2, 0.25) is 0 Å². The first-order valence-corrected chi connectivity index (χ1v) is 5.90. The standard InChI is InChI=1S/C14H21BO3/c1-13(2)14(3,4)18-15(17-13)12-8-6-7-11(9-12)10-16-5/h6-9H,10H2,1-5H3/i5D3,10D2. The van der Waals surface area contributed by atoms with Crippen LogP contribution in [0.4, 0.5) is 0 Å². The minimum absolute atomic E-state index is 0.0980. The quantitative estimate of drug-likeness (QED) is 0.772. The average Bonchev–Trinajstić information content (AvgIpc) is 2.56. The van der Waals surface area contributed by atoms with E-state index in [-0.39, 0.29) is 5.56 Å². The predicted molar refractivity (Wildman–Crippen MR) is 72.9 cm³/mol. The number of rotatable bonds is 3. The van der Waals surface area contributed by atoms with E-state index < -0.39 is 31.9 Å². The summed E-state index contributed by atoms with van der Waals surface area (Å²) in [5.41, 5.74) is -0.316. The fourth-order valence-electron chi connectivity index (χ4n) is 1.79. The van der Waals surface area contributed by atoms with Gasteiger partial charge in [-0.25, -0.2) is 0 Å². The summed E-state index contributed by atoms with van der Waals surface area (Å²) in [5, 5.41) is 0. The second kappa shape index (κ2) is 4.69.